The van der Waals surface area contributed by atoms with Gasteiger partial charge < -0.3 is 20.3 Å². The number of hydrogen-bond acceptors (Lipinski definition) is 4. The van der Waals surface area contributed by atoms with Crippen LogP contribution in [0.15, 0.2) is 16.6 Å². The molecule has 0 radical (unpaired) electrons. The minimum Gasteiger partial charge on any atom is -0.492 e. The Hall–Kier alpha value is -1.06. The number of carbonyl (C=O) groups excluding carboxylic acids is 1. The number of ether oxygens (including phenoxy) is 1. The highest BCUT2D eigenvalue weighted by Gasteiger charge is 2.53. The van der Waals surface area contributed by atoms with E-state index < -0.39 is 24.0 Å². The van der Waals surface area contributed by atoms with E-state index in [0.717, 1.165) is 0 Å². The number of rotatable bonds is 7. The predicted molar refractivity (Wildman–Crippen MR) is 98.9 cm³/mol. The average molecular weight is 472 g/mol. The third kappa shape index (κ3) is 4.09. The summed E-state index contributed by atoms with van der Waals surface area (Å²) in [7, 11) is -5.74. The van der Waals surface area contributed by atoms with Crippen molar-refractivity contribution < 1.29 is 32.7 Å². The van der Waals surface area contributed by atoms with Gasteiger partial charge in [-0.1, -0.05) is 13.8 Å². The normalized spacial score (nSPS) is 12.8. The average Bonchev–Trinajstić information content (AvgIpc) is 2.83. The maximum absolute atomic E-state index is 14.2. The van der Waals surface area contributed by atoms with Crippen molar-refractivity contribution in [2.24, 2.45) is 11.7 Å². The van der Waals surface area contributed by atoms with E-state index in [2.05, 4.69) is 15.9 Å². The Morgan fingerprint density at radius 3 is 2.54 bits per heavy atom. The van der Waals surface area contributed by atoms with Crippen molar-refractivity contribution in [1.29, 1.82) is 0 Å². The minimum atomic E-state index is -5.74. The van der Waals surface area contributed by atoms with Crippen LogP contribution in [0.5, 0.6) is 5.75 Å². The summed E-state index contributed by atoms with van der Waals surface area (Å²) in [5, 5.41) is 0.175. The van der Waals surface area contributed by atoms with Crippen molar-refractivity contribution >= 4 is 50.9 Å². The molecule has 1 aromatic heterocycles. The molecule has 0 aliphatic carbocycles. The summed E-state index contributed by atoms with van der Waals surface area (Å²) in [6.45, 7) is 4.26. The topological polar surface area (TPSA) is 110 Å². The number of primary amides is 1. The lowest BCUT2D eigenvalue weighted by atomic mass is 10.1. The highest BCUT2D eigenvalue weighted by Crippen LogP contribution is 2.63. The van der Waals surface area contributed by atoms with Crippen molar-refractivity contribution in [3.05, 3.63) is 27.0 Å². The zero-order valence-corrected chi connectivity index (χ0v) is 17.1. The molecule has 1 heterocycles. The van der Waals surface area contributed by atoms with E-state index in [1.807, 2.05) is 13.8 Å². The van der Waals surface area contributed by atoms with Gasteiger partial charge in [0.2, 0.25) is 5.91 Å². The van der Waals surface area contributed by atoms with Crippen molar-refractivity contribution in [2.45, 2.75) is 25.9 Å². The number of hydrogen-bond donors (Lipinski definition) is 3. The number of thiophene rings is 1. The summed E-state index contributed by atoms with van der Waals surface area (Å²) in [4.78, 5) is 28.7. The Bertz CT molecular complexity index is 896. The lowest BCUT2D eigenvalue weighted by Gasteiger charge is -2.16. The molecule has 1 amide bonds. The van der Waals surface area contributed by atoms with Gasteiger partial charge in [0.1, 0.15) is 10.6 Å². The first kappa shape index (κ1) is 21.2. The SMILES string of the molecule is CC(C)CCOc1cc(C(N)=O)cc2c(Br)c(C(F)(F)P(=O)(O)O)sc12. The van der Waals surface area contributed by atoms with Crippen molar-refractivity contribution in [1.82, 2.24) is 0 Å². The van der Waals surface area contributed by atoms with E-state index in [4.69, 9.17) is 20.3 Å². The van der Waals surface area contributed by atoms with Gasteiger partial charge in [-0.25, -0.2) is 0 Å². The summed E-state index contributed by atoms with van der Waals surface area (Å²) in [6, 6.07) is 2.63. The molecule has 0 aliphatic heterocycles. The van der Waals surface area contributed by atoms with Crippen molar-refractivity contribution in [3.8, 4) is 5.75 Å². The molecule has 0 atom stereocenters. The fourth-order valence-electron chi connectivity index (χ4n) is 2.12. The lowest BCUT2D eigenvalue weighted by molar-refractivity contribution is 0.0595. The van der Waals surface area contributed by atoms with E-state index in [1.54, 1.807) is 0 Å². The molecule has 4 N–H and O–H groups in total. The van der Waals surface area contributed by atoms with E-state index in [1.165, 1.54) is 12.1 Å². The molecule has 2 aromatic rings. The molecule has 2 rings (SSSR count). The molecule has 0 spiro atoms. The fraction of sp³-hybridized carbons (Fsp3) is 0.400. The molecule has 0 aliphatic rings. The summed E-state index contributed by atoms with van der Waals surface area (Å²) < 4.78 is 45.3. The fourth-order valence-corrected chi connectivity index (χ4v) is 5.09. The van der Waals surface area contributed by atoms with Gasteiger partial charge in [0.25, 0.3) is 0 Å². The Morgan fingerprint density at radius 2 is 2.04 bits per heavy atom. The molecule has 0 saturated carbocycles. The maximum atomic E-state index is 14.2. The Morgan fingerprint density at radius 1 is 1.42 bits per heavy atom. The summed E-state index contributed by atoms with van der Waals surface area (Å²) in [5.41, 5.74) is 0.949. The van der Waals surface area contributed by atoms with Gasteiger partial charge in [-0.05, 0) is 40.4 Å². The number of halogens is 3. The van der Waals surface area contributed by atoms with Gasteiger partial charge in [-0.3, -0.25) is 9.36 Å². The van der Waals surface area contributed by atoms with E-state index in [9.17, 15) is 18.1 Å². The summed E-state index contributed by atoms with van der Waals surface area (Å²) >= 11 is 3.47. The van der Waals surface area contributed by atoms with Crippen LogP contribution in [-0.4, -0.2) is 22.3 Å². The van der Waals surface area contributed by atoms with E-state index in [0.29, 0.717) is 23.7 Å². The number of fused-ring (bicyclic) bond motifs is 1. The molecule has 0 unspecified atom stereocenters. The first-order chi connectivity index (χ1) is 11.9. The number of benzene rings is 1. The summed E-state index contributed by atoms with van der Waals surface area (Å²) in [5.74, 6) is -0.271. The standard InChI is InChI=1S/C15H17BrF2NO5PS/c1-7(2)3-4-24-10-6-8(14(19)20)5-9-11(16)13(26-12(9)10)15(17,18)25(21,22)23/h5-7H,3-4H2,1-2H3,(H2,19,20)(H2,21,22,23). The first-order valence-corrected chi connectivity index (χ1v) is 10.7. The van der Waals surface area contributed by atoms with Gasteiger partial charge in [-0.15, -0.1) is 11.3 Å². The zero-order valence-electron chi connectivity index (χ0n) is 13.8. The number of amides is 1. The van der Waals surface area contributed by atoms with E-state index in [-0.39, 0.29) is 32.5 Å². The van der Waals surface area contributed by atoms with Crippen LogP contribution >= 0.6 is 34.9 Å². The molecule has 144 valence electrons. The van der Waals surface area contributed by atoms with Crippen molar-refractivity contribution in [2.75, 3.05) is 6.61 Å². The molecule has 1 aromatic carbocycles. The van der Waals surface area contributed by atoms with Crippen LogP contribution < -0.4 is 10.5 Å². The molecular weight excluding hydrogens is 455 g/mol. The van der Waals surface area contributed by atoms with Crippen LogP contribution in [0.2, 0.25) is 0 Å². The third-order valence-electron chi connectivity index (χ3n) is 3.57. The monoisotopic (exact) mass is 471 g/mol. The molecule has 0 bridgehead atoms. The van der Waals surface area contributed by atoms with Crippen LogP contribution in [-0.2, 0) is 10.2 Å². The van der Waals surface area contributed by atoms with Gasteiger partial charge >= 0.3 is 13.3 Å². The Kier molecular flexibility index (Phi) is 6.14. The summed E-state index contributed by atoms with van der Waals surface area (Å²) in [6.07, 6.45) is 0.695. The molecule has 0 saturated heterocycles. The molecular formula is C15H17BrF2NO5PS. The number of carbonyl (C=O) groups is 1. The van der Waals surface area contributed by atoms with Crippen molar-refractivity contribution in [3.63, 3.8) is 0 Å². The van der Waals surface area contributed by atoms with E-state index >= 15 is 0 Å². The van der Waals surface area contributed by atoms with Crippen LogP contribution in [0.1, 0.15) is 35.5 Å². The highest BCUT2D eigenvalue weighted by molar-refractivity contribution is 9.10. The number of alkyl halides is 2. The predicted octanol–water partition coefficient (Wildman–Crippen LogP) is 4.41. The minimum absolute atomic E-state index is 0.0431. The van der Waals surface area contributed by atoms with Gasteiger partial charge in [-0.2, -0.15) is 8.78 Å². The Labute approximate surface area is 160 Å². The quantitative estimate of drug-likeness (QED) is 0.517. The second-order valence-corrected chi connectivity index (χ2v) is 9.54. The van der Waals surface area contributed by atoms with Gasteiger partial charge in [0, 0.05) is 15.4 Å². The van der Waals surface area contributed by atoms with Crippen LogP contribution in [0, 0.1) is 5.92 Å². The first-order valence-electron chi connectivity index (χ1n) is 7.48. The zero-order chi connectivity index (χ0) is 19.9. The second-order valence-electron chi connectivity index (χ2n) is 6.08. The third-order valence-corrected chi connectivity index (χ3v) is 7.05. The van der Waals surface area contributed by atoms with Crippen LogP contribution in [0.3, 0.4) is 0 Å². The lowest BCUT2D eigenvalue weighted by Crippen LogP contribution is -2.12. The Balaban J connectivity index is 2.65. The van der Waals surface area contributed by atoms with Gasteiger partial charge in [0.15, 0.2) is 0 Å². The molecule has 0 fully saturated rings. The van der Waals surface area contributed by atoms with Gasteiger partial charge in [0.05, 0.1) is 11.3 Å². The highest BCUT2D eigenvalue weighted by atomic mass is 79.9. The van der Waals surface area contributed by atoms with Crippen LogP contribution in [0.25, 0.3) is 10.1 Å². The van der Waals surface area contributed by atoms with Crippen LogP contribution in [0.4, 0.5) is 8.78 Å². The maximum Gasteiger partial charge on any atom is 0.400 e. The largest absolute Gasteiger partial charge is 0.492 e. The molecule has 11 heteroatoms. The number of nitrogens with two attached hydrogens (primary N) is 1. The molecule has 26 heavy (non-hydrogen) atoms. The molecule has 6 nitrogen and oxygen atoms in total. The second kappa shape index (κ2) is 7.52. The smallest absolute Gasteiger partial charge is 0.400 e.